The molecule has 0 atom stereocenters. The third-order valence-corrected chi connectivity index (χ3v) is 3.81. The Balaban J connectivity index is 2.62. The van der Waals surface area contributed by atoms with Crippen molar-refractivity contribution in [3.8, 4) is 11.4 Å². The smallest absolute Gasteiger partial charge is 0.181 e. The fraction of sp³-hybridized carbons (Fsp3) is 0.467. The van der Waals surface area contributed by atoms with E-state index in [2.05, 4.69) is 43.8 Å². The van der Waals surface area contributed by atoms with Gasteiger partial charge in [-0.05, 0) is 56.5 Å². The van der Waals surface area contributed by atoms with Crippen LogP contribution >= 0.6 is 0 Å². The second-order valence-electron chi connectivity index (χ2n) is 5.15. The molecule has 2 rings (SSSR count). The molecule has 0 saturated heterocycles. The van der Waals surface area contributed by atoms with Gasteiger partial charge < -0.3 is 5.73 Å². The molecular formula is C15H22N4. The van der Waals surface area contributed by atoms with Crippen LogP contribution in [-0.2, 0) is 13.5 Å². The quantitative estimate of drug-likeness (QED) is 0.918. The molecule has 1 heterocycles. The highest BCUT2D eigenvalue weighted by Gasteiger charge is 2.16. The number of aryl methyl sites for hydroxylation is 3. The fourth-order valence-corrected chi connectivity index (χ4v) is 2.42. The Morgan fingerprint density at radius 2 is 1.68 bits per heavy atom. The number of hydrogen-bond donors (Lipinski definition) is 1. The van der Waals surface area contributed by atoms with Gasteiger partial charge in [0.1, 0.15) is 5.82 Å². The number of aromatic nitrogens is 3. The first-order chi connectivity index (χ1) is 8.95. The van der Waals surface area contributed by atoms with Crippen molar-refractivity contribution in [1.29, 1.82) is 0 Å². The van der Waals surface area contributed by atoms with Crippen LogP contribution in [0.4, 0.5) is 0 Å². The van der Waals surface area contributed by atoms with Gasteiger partial charge in [-0.2, -0.15) is 5.10 Å². The van der Waals surface area contributed by atoms with E-state index < -0.39 is 0 Å². The van der Waals surface area contributed by atoms with E-state index in [0.717, 1.165) is 23.6 Å². The Bertz CT molecular complexity index is 585. The number of hydrogen-bond acceptors (Lipinski definition) is 3. The van der Waals surface area contributed by atoms with Gasteiger partial charge in [0, 0.05) is 19.0 Å². The highest BCUT2D eigenvalue weighted by Crippen LogP contribution is 2.29. The molecule has 0 saturated carbocycles. The maximum Gasteiger partial charge on any atom is 0.181 e. The van der Waals surface area contributed by atoms with Crippen LogP contribution in [-0.4, -0.2) is 21.3 Å². The summed E-state index contributed by atoms with van der Waals surface area (Å²) in [6.07, 6.45) is 0.756. The zero-order valence-electron chi connectivity index (χ0n) is 12.4. The molecule has 1 aromatic carbocycles. The second-order valence-corrected chi connectivity index (χ2v) is 5.15. The average Bonchev–Trinajstić information content (AvgIpc) is 2.69. The van der Waals surface area contributed by atoms with Gasteiger partial charge in [0.05, 0.1) is 0 Å². The van der Waals surface area contributed by atoms with Crippen molar-refractivity contribution in [3.63, 3.8) is 0 Å². The molecule has 2 N–H and O–H groups in total. The van der Waals surface area contributed by atoms with E-state index in [1.165, 1.54) is 22.3 Å². The first kappa shape index (κ1) is 13.7. The Labute approximate surface area is 114 Å². The van der Waals surface area contributed by atoms with Gasteiger partial charge in [-0.25, -0.2) is 4.98 Å². The number of nitrogens with two attached hydrogens (primary N) is 1. The standard InChI is InChI=1S/C15H22N4/c1-9-8-10(2)12(4)14(11(9)3)15-17-13(6-7-16)19(5)18-15/h8H,6-7,16H2,1-5H3. The lowest BCUT2D eigenvalue weighted by atomic mass is 9.94. The van der Waals surface area contributed by atoms with Crippen molar-refractivity contribution in [2.75, 3.05) is 6.54 Å². The lowest BCUT2D eigenvalue weighted by Gasteiger charge is -2.12. The molecule has 0 amide bonds. The van der Waals surface area contributed by atoms with E-state index in [0.29, 0.717) is 6.54 Å². The minimum atomic E-state index is 0.594. The number of benzene rings is 1. The molecule has 4 heteroatoms. The minimum absolute atomic E-state index is 0.594. The molecule has 0 unspecified atom stereocenters. The van der Waals surface area contributed by atoms with Crippen LogP contribution in [0.1, 0.15) is 28.1 Å². The van der Waals surface area contributed by atoms with E-state index in [-0.39, 0.29) is 0 Å². The summed E-state index contributed by atoms with van der Waals surface area (Å²) < 4.78 is 1.83. The van der Waals surface area contributed by atoms with Gasteiger partial charge in [0.2, 0.25) is 0 Å². The molecule has 4 nitrogen and oxygen atoms in total. The summed E-state index contributed by atoms with van der Waals surface area (Å²) in [5.74, 6) is 1.75. The van der Waals surface area contributed by atoms with Crippen molar-refractivity contribution in [2.24, 2.45) is 12.8 Å². The third-order valence-electron chi connectivity index (χ3n) is 3.81. The molecule has 0 spiro atoms. The molecule has 1 aromatic heterocycles. The fourth-order valence-electron chi connectivity index (χ4n) is 2.42. The Hall–Kier alpha value is -1.68. The molecule has 0 aliphatic heterocycles. The monoisotopic (exact) mass is 258 g/mol. The van der Waals surface area contributed by atoms with Gasteiger partial charge in [0.15, 0.2) is 5.82 Å². The van der Waals surface area contributed by atoms with Crippen LogP contribution < -0.4 is 5.73 Å². The maximum atomic E-state index is 5.60. The summed E-state index contributed by atoms with van der Waals surface area (Å²) in [6, 6.07) is 2.22. The molecule has 0 radical (unpaired) electrons. The summed E-state index contributed by atoms with van der Waals surface area (Å²) in [5, 5.41) is 4.55. The van der Waals surface area contributed by atoms with Crippen LogP contribution in [0.2, 0.25) is 0 Å². The van der Waals surface area contributed by atoms with Crippen molar-refractivity contribution in [3.05, 3.63) is 34.1 Å². The van der Waals surface area contributed by atoms with Crippen LogP contribution in [0, 0.1) is 27.7 Å². The normalized spacial score (nSPS) is 11.1. The molecule has 0 bridgehead atoms. The van der Waals surface area contributed by atoms with E-state index in [1.54, 1.807) is 0 Å². The Morgan fingerprint density at radius 1 is 1.11 bits per heavy atom. The first-order valence-electron chi connectivity index (χ1n) is 6.63. The summed E-state index contributed by atoms with van der Waals surface area (Å²) in [7, 11) is 1.93. The molecule has 19 heavy (non-hydrogen) atoms. The van der Waals surface area contributed by atoms with E-state index in [1.807, 2.05) is 11.7 Å². The highest BCUT2D eigenvalue weighted by atomic mass is 15.3. The van der Waals surface area contributed by atoms with Crippen molar-refractivity contribution >= 4 is 0 Å². The van der Waals surface area contributed by atoms with Crippen LogP contribution in [0.15, 0.2) is 6.07 Å². The molecular weight excluding hydrogens is 236 g/mol. The first-order valence-corrected chi connectivity index (χ1v) is 6.63. The van der Waals surface area contributed by atoms with Gasteiger partial charge in [-0.1, -0.05) is 6.07 Å². The van der Waals surface area contributed by atoms with Crippen molar-refractivity contribution in [2.45, 2.75) is 34.1 Å². The van der Waals surface area contributed by atoms with E-state index in [9.17, 15) is 0 Å². The second kappa shape index (κ2) is 5.13. The zero-order chi connectivity index (χ0) is 14.2. The van der Waals surface area contributed by atoms with Crippen molar-refractivity contribution < 1.29 is 0 Å². The summed E-state index contributed by atoms with van der Waals surface area (Å²) in [6.45, 7) is 9.13. The Morgan fingerprint density at radius 3 is 2.21 bits per heavy atom. The summed E-state index contributed by atoms with van der Waals surface area (Å²) in [5.41, 5.74) is 11.8. The predicted octanol–water partition coefficient (Wildman–Crippen LogP) is 2.22. The maximum absolute atomic E-state index is 5.60. The van der Waals surface area contributed by atoms with E-state index in [4.69, 9.17) is 5.73 Å². The van der Waals surface area contributed by atoms with Gasteiger partial charge >= 0.3 is 0 Å². The van der Waals surface area contributed by atoms with Crippen LogP contribution in [0.5, 0.6) is 0 Å². The molecule has 102 valence electrons. The van der Waals surface area contributed by atoms with E-state index >= 15 is 0 Å². The lowest BCUT2D eigenvalue weighted by molar-refractivity contribution is 0.697. The van der Waals surface area contributed by atoms with Gasteiger partial charge in [-0.3, -0.25) is 4.68 Å². The lowest BCUT2D eigenvalue weighted by Crippen LogP contribution is -2.08. The molecule has 2 aromatic rings. The largest absolute Gasteiger partial charge is 0.330 e. The summed E-state index contributed by atoms with van der Waals surface area (Å²) >= 11 is 0. The summed E-state index contributed by atoms with van der Waals surface area (Å²) in [4.78, 5) is 4.65. The molecule has 0 aliphatic rings. The molecule has 0 fully saturated rings. The third kappa shape index (κ3) is 2.40. The zero-order valence-corrected chi connectivity index (χ0v) is 12.4. The van der Waals surface area contributed by atoms with Crippen LogP contribution in [0.25, 0.3) is 11.4 Å². The number of rotatable bonds is 3. The average molecular weight is 258 g/mol. The van der Waals surface area contributed by atoms with Gasteiger partial charge in [-0.15, -0.1) is 0 Å². The Kier molecular flexibility index (Phi) is 3.71. The highest BCUT2D eigenvalue weighted by molar-refractivity contribution is 5.67. The van der Waals surface area contributed by atoms with Crippen LogP contribution in [0.3, 0.4) is 0 Å². The topological polar surface area (TPSA) is 56.7 Å². The molecule has 0 aliphatic carbocycles. The predicted molar refractivity (Wildman–Crippen MR) is 78.1 cm³/mol. The van der Waals surface area contributed by atoms with Gasteiger partial charge in [0.25, 0.3) is 0 Å². The minimum Gasteiger partial charge on any atom is -0.330 e. The number of nitrogens with zero attached hydrogens (tertiary/aromatic N) is 3. The SMILES string of the molecule is Cc1cc(C)c(C)c(-c2nc(CCN)n(C)n2)c1C. The van der Waals surface area contributed by atoms with Crippen molar-refractivity contribution in [1.82, 2.24) is 14.8 Å².